The number of esters is 2. The summed E-state index contributed by atoms with van der Waals surface area (Å²) in [6.07, 6.45) is 2.12. The maximum atomic E-state index is 13.1. The number of ether oxygens (including phenoxy) is 2. The largest absolute Gasteiger partial charge is 0.468 e. The predicted octanol–water partition coefficient (Wildman–Crippen LogP) is 3.32. The first-order valence-corrected chi connectivity index (χ1v) is 8.42. The van der Waals surface area contributed by atoms with Crippen LogP contribution in [0.15, 0.2) is 35.6 Å². The zero-order valence-electron chi connectivity index (χ0n) is 15.0. The molecule has 0 N–H and O–H groups in total. The number of rotatable bonds is 2. The normalized spacial score (nSPS) is 28.1. The lowest BCUT2D eigenvalue weighted by Gasteiger charge is -2.49. The van der Waals surface area contributed by atoms with Crippen LogP contribution in [0.3, 0.4) is 0 Å². The van der Waals surface area contributed by atoms with Gasteiger partial charge in [-0.1, -0.05) is 37.6 Å². The predicted molar refractivity (Wildman–Crippen MR) is 90.9 cm³/mol. The van der Waals surface area contributed by atoms with Crippen molar-refractivity contribution in [1.29, 1.82) is 0 Å². The molecule has 0 amide bonds. The number of hydrogen-bond donors (Lipinski definition) is 0. The van der Waals surface area contributed by atoms with Crippen molar-refractivity contribution in [2.75, 3.05) is 7.11 Å². The molecule has 1 aromatic rings. The fraction of sp³-hybridized carbons (Fsp3) is 0.450. The van der Waals surface area contributed by atoms with Gasteiger partial charge in [0, 0.05) is 23.5 Å². The maximum absolute atomic E-state index is 13.1. The van der Waals surface area contributed by atoms with Crippen LogP contribution in [0.4, 0.5) is 0 Å². The second-order valence-corrected chi connectivity index (χ2v) is 7.18. The van der Waals surface area contributed by atoms with Gasteiger partial charge in [-0.2, -0.15) is 0 Å². The van der Waals surface area contributed by atoms with Gasteiger partial charge >= 0.3 is 11.9 Å². The van der Waals surface area contributed by atoms with Crippen LogP contribution >= 0.6 is 0 Å². The minimum absolute atomic E-state index is 0.0127. The molecular formula is C20H22O5. The molecule has 0 saturated heterocycles. The third-order valence-electron chi connectivity index (χ3n) is 5.54. The van der Waals surface area contributed by atoms with E-state index in [0.717, 1.165) is 18.4 Å². The molecule has 0 unspecified atom stereocenters. The molecule has 1 saturated carbocycles. The van der Waals surface area contributed by atoms with Crippen LogP contribution in [0.5, 0.6) is 0 Å². The topological polar surface area (TPSA) is 69.7 Å². The Morgan fingerprint density at radius 1 is 1.12 bits per heavy atom. The highest BCUT2D eigenvalue weighted by Gasteiger charge is 2.56. The molecule has 2 aliphatic rings. The number of allylic oxidation sites excluding steroid dienone is 1. The molecule has 1 fully saturated rings. The molecule has 2 aliphatic carbocycles. The first-order valence-electron chi connectivity index (χ1n) is 8.42. The smallest absolute Gasteiger partial charge is 0.315 e. The highest BCUT2D eigenvalue weighted by molar-refractivity contribution is 6.12. The zero-order valence-corrected chi connectivity index (χ0v) is 15.0. The molecule has 0 bridgehead atoms. The molecule has 2 atom stereocenters. The minimum atomic E-state index is -1.00. The van der Waals surface area contributed by atoms with Gasteiger partial charge in [0.25, 0.3) is 0 Å². The van der Waals surface area contributed by atoms with Crippen molar-refractivity contribution in [2.45, 2.75) is 45.4 Å². The summed E-state index contributed by atoms with van der Waals surface area (Å²) in [6.45, 7) is 5.05. The van der Waals surface area contributed by atoms with E-state index in [9.17, 15) is 14.4 Å². The van der Waals surface area contributed by atoms with Crippen molar-refractivity contribution >= 4 is 17.7 Å². The number of Topliss-reactive ketones (excluding diaryl/α,β-unsaturated/α-hetero) is 1. The molecule has 5 heteroatoms. The van der Waals surface area contributed by atoms with Crippen LogP contribution in [0.25, 0.3) is 0 Å². The Kier molecular flexibility index (Phi) is 4.06. The number of benzene rings is 1. The fourth-order valence-corrected chi connectivity index (χ4v) is 4.49. The van der Waals surface area contributed by atoms with Crippen LogP contribution in [0.1, 0.15) is 56.0 Å². The molecular weight excluding hydrogens is 320 g/mol. The molecule has 0 aromatic heterocycles. The van der Waals surface area contributed by atoms with E-state index >= 15 is 0 Å². The van der Waals surface area contributed by atoms with Crippen LogP contribution < -0.4 is 0 Å². The van der Waals surface area contributed by atoms with Crippen molar-refractivity contribution in [3.63, 3.8) is 0 Å². The molecule has 0 heterocycles. The summed E-state index contributed by atoms with van der Waals surface area (Å²) in [7, 11) is 1.34. The lowest BCUT2D eigenvalue weighted by Crippen LogP contribution is -2.48. The Morgan fingerprint density at radius 2 is 1.80 bits per heavy atom. The summed E-state index contributed by atoms with van der Waals surface area (Å²) in [5.41, 5.74) is 0.406. The summed E-state index contributed by atoms with van der Waals surface area (Å²) < 4.78 is 10.4. The Balaban J connectivity index is 2.35. The van der Waals surface area contributed by atoms with Crippen molar-refractivity contribution < 1.29 is 23.9 Å². The molecule has 0 radical (unpaired) electrons. The van der Waals surface area contributed by atoms with Gasteiger partial charge in [0.15, 0.2) is 5.76 Å². The average Bonchev–Trinajstić information content (AvgIpc) is 2.58. The summed E-state index contributed by atoms with van der Waals surface area (Å²) in [4.78, 5) is 37.4. The molecule has 5 nitrogen and oxygen atoms in total. The highest BCUT2D eigenvalue weighted by atomic mass is 16.5. The van der Waals surface area contributed by atoms with Gasteiger partial charge in [-0.25, -0.2) is 0 Å². The number of fused-ring (bicyclic) bond motifs is 3. The van der Waals surface area contributed by atoms with Gasteiger partial charge in [-0.05, 0) is 25.3 Å². The van der Waals surface area contributed by atoms with Crippen molar-refractivity contribution in [3.8, 4) is 0 Å². The SMILES string of the molecule is COC(=O)[C@]1(C)CCC[C@@]2(C)C1=C(OC(C)=O)C(=O)c1ccccc12. The summed E-state index contributed by atoms with van der Waals surface area (Å²) in [5.74, 6) is -1.35. The van der Waals surface area contributed by atoms with E-state index in [-0.39, 0.29) is 11.5 Å². The molecule has 0 aliphatic heterocycles. The van der Waals surface area contributed by atoms with E-state index in [2.05, 4.69) is 0 Å². The van der Waals surface area contributed by atoms with E-state index < -0.39 is 22.8 Å². The lowest BCUT2D eigenvalue weighted by atomic mass is 9.54. The molecule has 3 rings (SSSR count). The molecule has 132 valence electrons. The van der Waals surface area contributed by atoms with Crippen molar-refractivity contribution in [1.82, 2.24) is 0 Å². The monoisotopic (exact) mass is 342 g/mol. The Labute approximate surface area is 147 Å². The number of carbonyl (C=O) groups excluding carboxylic acids is 3. The fourth-order valence-electron chi connectivity index (χ4n) is 4.49. The van der Waals surface area contributed by atoms with Crippen LogP contribution in [-0.2, 0) is 24.5 Å². The van der Waals surface area contributed by atoms with E-state index in [1.165, 1.54) is 14.0 Å². The van der Waals surface area contributed by atoms with Gasteiger partial charge in [-0.3, -0.25) is 14.4 Å². The van der Waals surface area contributed by atoms with Crippen molar-refractivity contribution in [3.05, 3.63) is 46.7 Å². The minimum Gasteiger partial charge on any atom is -0.468 e. The Bertz CT molecular complexity index is 806. The average molecular weight is 342 g/mol. The Hall–Kier alpha value is -2.43. The maximum Gasteiger partial charge on any atom is 0.315 e. The summed E-state index contributed by atoms with van der Waals surface area (Å²) in [6, 6.07) is 7.34. The number of hydrogen-bond acceptors (Lipinski definition) is 5. The number of carbonyl (C=O) groups is 3. The summed E-state index contributed by atoms with van der Waals surface area (Å²) in [5, 5.41) is 0. The van der Waals surface area contributed by atoms with Crippen molar-refractivity contribution in [2.24, 2.45) is 5.41 Å². The second-order valence-electron chi connectivity index (χ2n) is 7.18. The van der Waals surface area contributed by atoms with Gasteiger partial charge in [0.1, 0.15) is 0 Å². The molecule has 25 heavy (non-hydrogen) atoms. The van der Waals surface area contributed by atoms with E-state index in [1.807, 2.05) is 19.1 Å². The van der Waals surface area contributed by atoms with Gasteiger partial charge in [0.2, 0.25) is 5.78 Å². The Morgan fingerprint density at radius 3 is 2.44 bits per heavy atom. The first-order chi connectivity index (χ1) is 11.8. The van der Waals surface area contributed by atoms with E-state index in [0.29, 0.717) is 17.6 Å². The molecule has 0 spiro atoms. The van der Waals surface area contributed by atoms with Crippen LogP contribution in [0, 0.1) is 5.41 Å². The lowest BCUT2D eigenvalue weighted by molar-refractivity contribution is -0.152. The van der Waals surface area contributed by atoms with Gasteiger partial charge in [0.05, 0.1) is 12.5 Å². The van der Waals surface area contributed by atoms with E-state index in [4.69, 9.17) is 9.47 Å². The second kappa shape index (κ2) is 5.83. The number of methoxy groups -OCH3 is 1. The van der Waals surface area contributed by atoms with Gasteiger partial charge in [-0.15, -0.1) is 0 Å². The third kappa shape index (κ3) is 2.41. The van der Waals surface area contributed by atoms with E-state index in [1.54, 1.807) is 19.1 Å². The quantitative estimate of drug-likeness (QED) is 0.771. The first kappa shape index (κ1) is 17.4. The molecule has 1 aromatic carbocycles. The third-order valence-corrected chi connectivity index (χ3v) is 5.54. The number of ketones is 1. The zero-order chi connectivity index (χ0) is 18.4. The summed E-state index contributed by atoms with van der Waals surface area (Å²) >= 11 is 0. The van der Waals surface area contributed by atoms with Crippen LogP contribution in [-0.4, -0.2) is 24.8 Å². The highest BCUT2D eigenvalue weighted by Crippen LogP contribution is 2.57. The van der Waals surface area contributed by atoms with Gasteiger partial charge < -0.3 is 9.47 Å². The van der Waals surface area contributed by atoms with Crippen LogP contribution in [0.2, 0.25) is 0 Å². The standard InChI is InChI=1S/C20H22O5/c1-12(21)25-16-15(22)13-8-5-6-9-14(13)19(2)10-7-11-20(3,17(16)19)18(23)24-4/h5-6,8-9H,7,10-11H2,1-4H3/t19-,20-/m1/s1.